The molecule has 0 amide bonds. The smallest absolute Gasteiger partial charge is 0.199 e. The maximum atomic E-state index is 15.0. The van der Waals surface area contributed by atoms with Crippen molar-refractivity contribution in [3.8, 4) is 0 Å². The van der Waals surface area contributed by atoms with Crippen LogP contribution in [0.15, 0.2) is 77.9 Å². The summed E-state index contributed by atoms with van der Waals surface area (Å²) < 4.78 is 0. The summed E-state index contributed by atoms with van der Waals surface area (Å²) in [5, 5.41) is 10.8. The Morgan fingerprint density at radius 3 is 1.30 bits per heavy atom. The minimum Gasteiger partial charge on any atom is -0.378 e. The highest BCUT2D eigenvalue weighted by Crippen LogP contribution is 2.67. The molecule has 0 aromatic heterocycles. The molecule has 5 nitrogen and oxygen atoms in total. The highest BCUT2D eigenvalue weighted by molar-refractivity contribution is 6.59. The summed E-state index contributed by atoms with van der Waals surface area (Å²) in [6, 6.07) is 15.8. The number of aliphatic hydroxyl groups is 1. The SMILES string of the molecule is O=C1C(=C2C=C(c3ccccc3)C3(C(=O)c4c(Cl)c(Cl)c(Cl)c(Cl)c4C3=O)[C@]2(O)c2ccccc2)C(=O)c2c(Cl)c(Cl)c(Cl)c(Cl)c21. The number of fused-ring (bicyclic) bond motifs is 2. The minimum atomic E-state index is -2.74. The van der Waals surface area contributed by atoms with Gasteiger partial charge < -0.3 is 5.11 Å². The Balaban J connectivity index is 1.67. The molecule has 3 aliphatic rings. The van der Waals surface area contributed by atoms with Gasteiger partial charge in [-0.15, -0.1) is 0 Å². The van der Waals surface area contributed by atoms with Gasteiger partial charge in [0.2, 0.25) is 0 Å². The summed E-state index contributed by atoms with van der Waals surface area (Å²) in [6.45, 7) is 0. The average molecular weight is 784 g/mol. The van der Waals surface area contributed by atoms with Crippen molar-refractivity contribution in [1.29, 1.82) is 0 Å². The third-order valence-corrected chi connectivity index (χ3v) is 12.4. The van der Waals surface area contributed by atoms with Gasteiger partial charge in [-0.2, -0.15) is 0 Å². The van der Waals surface area contributed by atoms with Crippen LogP contribution in [-0.4, -0.2) is 28.2 Å². The van der Waals surface area contributed by atoms with Crippen LogP contribution < -0.4 is 0 Å². The fourth-order valence-corrected chi connectivity index (χ4v) is 8.79. The van der Waals surface area contributed by atoms with E-state index in [1.165, 1.54) is 18.2 Å². The number of ketones is 4. The predicted octanol–water partition coefficient (Wildman–Crippen LogP) is 10.6. The molecular formula is C34H12Cl8O5. The van der Waals surface area contributed by atoms with Gasteiger partial charge in [-0.1, -0.05) is 153 Å². The number of allylic oxidation sites excluding steroid dienone is 1. The highest BCUT2D eigenvalue weighted by atomic mass is 35.5. The van der Waals surface area contributed by atoms with E-state index in [1.54, 1.807) is 48.5 Å². The fourth-order valence-electron chi connectivity index (χ4n) is 6.74. The van der Waals surface area contributed by atoms with Crippen LogP contribution in [0.4, 0.5) is 0 Å². The van der Waals surface area contributed by atoms with Gasteiger partial charge in [0.05, 0.1) is 68.0 Å². The van der Waals surface area contributed by atoms with E-state index >= 15 is 9.59 Å². The highest BCUT2D eigenvalue weighted by Gasteiger charge is 2.73. The Labute approximate surface area is 306 Å². The normalized spacial score (nSPS) is 19.6. The fraction of sp³-hybridized carbons (Fsp3) is 0.0588. The van der Waals surface area contributed by atoms with Gasteiger partial charge in [-0.3, -0.25) is 19.2 Å². The second-order valence-corrected chi connectivity index (χ2v) is 13.9. The molecule has 4 aromatic carbocycles. The van der Waals surface area contributed by atoms with Crippen molar-refractivity contribution in [3.05, 3.63) is 151 Å². The number of hydrogen-bond acceptors (Lipinski definition) is 5. The van der Waals surface area contributed by atoms with Gasteiger partial charge in [0.15, 0.2) is 28.5 Å². The number of rotatable bonds is 2. The molecule has 0 aliphatic heterocycles. The second kappa shape index (κ2) is 11.2. The zero-order valence-corrected chi connectivity index (χ0v) is 29.0. The van der Waals surface area contributed by atoms with E-state index in [4.69, 9.17) is 92.8 Å². The zero-order chi connectivity index (χ0) is 33.9. The van der Waals surface area contributed by atoms with Crippen LogP contribution in [0.5, 0.6) is 0 Å². The summed E-state index contributed by atoms with van der Waals surface area (Å²) in [6.07, 6.45) is 1.27. The van der Waals surface area contributed by atoms with Crippen molar-refractivity contribution in [2.24, 2.45) is 5.41 Å². The third kappa shape index (κ3) is 3.98. The van der Waals surface area contributed by atoms with E-state index in [-0.39, 0.29) is 79.1 Å². The van der Waals surface area contributed by atoms with E-state index in [0.717, 1.165) is 0 Å². The van der Waals surface area contributed by atoms with Crippen LogP contribution in [-0.2, 0) is 5.60 Å². The number of hydrogen-bond donors (Lipinski definition) is 1. The molecule has 234 valence electrons. The third-order valence-electron chi connectivity index (χ3n) is 8.75. The molecule has 0 saturated carbocycles. The molecule has 1 atom stereocenters. The van der Waals surface area contributed by atoms with Crippen LogP contribution in [0.2, 0.25) is 40.2 Å². The topological polar surface area (TPSA) is 88.5 Å². The molecule has 7 rings (SSSR count). The molecule has 0 radical (unpaired) electrons. The zero-order valence-electron chi connectivity index (χ0n) is 23.0. The van der Waals surface area contributed by atoms with Crippen LogP contribution in [0.3, 0.4) is 0 Å². The largest absolute Gasteiger partial charge is 0.378 e. The van der Waals surface area contributed by atoms with Crippen molar-refractivity contribution >= 4 is 122 Å². The number of Topliss-reactive ketones (excluding diaryl/α,β-unsaturated/α-hetero) is 4. The van der Waals surface area contributed by atoms with Crippen molar-refractivity contribution in [3.63, 3.8) is 0 Å². The molecular weight excluding hydrogens is 772 g/mol. The molecule has 3 aliphatic carbocycles. The summed E-state index contributed by atoms with van der Waals surface area (Å²) >= 11 is 51.3. The Hall–Kier alpha value is -2.68. The Morgan fingerprint density at radius 1 is 0.489 bits per heavy atom. The van der Waals surface area contributed by atoms with E-state index in [1.807, 2.05) is 0 Å². The lowest BCUT2D eigenvalue weighted by Gasteiger charge is -2.40. The maximum absolute atomic E-state index is 15.0. The van der Waals surface area contributed by atoms with E-state index < -0.39 is 39.7 Å². The summed E-state index contributed by atoms with van der Waals surface area (Å²) in [5.74, 6) is -3.90. The lowest BCUT2D eigenvalue weighted by Crippen LogP contribution is -2.52. The van der Waals surface area contributed by atoms with Gasteiger partial charge in [0.1, 0.15) is 5.60 Å². The van der Waals surface area contributed by atoms with Gasteiger partial charge in [-0.05, 0) is 22.8 Å². The lowest BCUT2D eigenvalue weighted by molar-refractivity contribution is 0.00253. The molecule has 0 heterocycles. The first kappa shape index (κ1) is 32.8. The van der Waals surface area contributed by atoms with Crippen LogP contribution in [0, 0.1) is 5.41 Å². The number of halogens is 8. The first-order valence-electron chi connectivity index (χ1n) is 13.5. The first-order valence-corrected chi connectivity index (χ1v) is 16.5. The number of benzene rings is 4. The molecule has 0 saturated heterocycles. The van der Waals surface area contributed by atoms with Gasteiger partial charge in [0, 0.05) is 5.57 Å². The Bertz CT molecular complexity index is 2160. The summed E-state index contributed by atoms with van der Waals surface area (Å²) in [7, 11) is 0. The summed E-state index contributed by atoms with van der Waals surface area (Å²) in [5.41, 5.74) is -7.55. The van der Waals surface area contributed by atoms with Crippen molar-refractivity contribution in [2.45, 2.75) is 5.60 Å². The molecule has 0 fully saturated rings. The maximum Gasteiger partial charge on any atom is 0.199 e. The van der Waals surface area contributed by atoms with Crippen LogP contribution >= 0.6 is 92.8 Å². The average Bonchev–Trinajstić information content (AvgIpc) is 3.60. The van der Waals surface area contributed by atoms with Gasteiger partial charge in [0.25, 0.3) is 0 Å². The second-order valence-electron chi connectivity index (χ2n) is 10.9. The number of carbonyl (C=O) groups is 4. The van der Waals surface area contributed by atoms with E-state index in [9.17, 15) is 14.7 Å². The quantitative estimate of drug-likeness (QED) is 0.0719. The molecule has 0 bridgehead atoms. The Kier molecular flexibility index (Phi) is 7.81. The minimum absolute atomic E-state index is 0.0200. The van der Waals surface area contributed by atoms with Crippen LogP contribution in [0.25, 0.3) is 5.57 Å². The van der Waals surface area contributed by atoms with Crippen molar-refractivity contribution in [1.82, 2.24) is 0 Å². The molecule has 47 heavy (non-hydrogen) atoms. The van der Waals surface area contributed by atoms with Crippen molar-refractivity contribution < 1.29 is 24.3 Å². The molecule has 13 heteroatoms. The van der Waals surface area contributed by atoms with Crippen molar-refractivity contribution in [2.75, 3.05) is 0 Å². The van der Waals surface area contributed by atoms with E-state index in [0.29, 0.717) is 5.56 Å². The predicted molar refractivity (Wildman–Crippen MR) is 185 cm³/mol. The molecule has 1 spiro atoms. The van der Waals surface area contributed by atoms with E-state index in [2.05, 4.69) is 0 Å². The molecule has 4 aromatic rings. The monoisotopic (exact) mass is 780 g/mol. The van der Waals surface area contributed by atoms with Crippen LogP contribution in [0.1, 0.15) is 52.6 Å². The Morgan fingerprint density at radius 2 is 0.872 bits per heavy atom. The lowest BCUT2D eigenvalue weighted by atomic mass is 9.61. The number of carbonyl (C=O) groups excluding carboxylic acids is 4. The van der Waals surface area contributed by atoms with Gasteiger partial charge in [-0.25, -0.2) is 0 Å². The molecule has 1 N–H and O–H groups in total. The summed E-state index contributed by atoms with van der Waals surface area (Å²) in [4.78, 5) is 58.6. The first-order chi connectivity index (χ1) is 22.2. The molecule has 0 unspecified atom stereocenters. The standard InChI is InChI=1S/C34H12Cl8O5/c35-21-17-18(22(36)26(40)25(21)39)30(44)16(29(17)43)15-11-14(12-7-3-1-4-8-12)33(34(15,47)13-9-5-2-6-10-13)31(45)19-20(32(33)46)24(38)28(42)27(41)23(19)37/h1-11,47H/t34-/m0/s1. The van der Waals surface area contributed by atoms with Gasteiger partial charge >= 0.3 is 0 Å².